The van der Waals surface area contributed by atoms with Crippen LogP contribution in [0.5, 0.6) is 0 Å². The van der Waals surface area contributed by atoms with E-state index in [1.54, 1.807) is 38.4 Å². The number of benzene rings is 1. The SMILES string of the molecule is C[C@H]1CC(C)(C)C[C@@]2(C1)NC(=O)N(CC(=O)NCc1ccc(C(=O)N(C)C)cc1)C2=O. The first-order valence-electron chi connectivity index (χ1n) is 10.6. The molecule has 5 amide bonds. The van der Waals surface area contributed by atoms with E-state index in [9.17, 15) is 19.2 Å². The third-order valence-corrected chi connectivity index (χ3v) is 6.02. The highest BCUT2D eigenvalue weighted by atomic mass is 16.2. The van der Waals surface area contributed by atoms with E-state index in [0.717, 1.165) is 16.9 Å². The Hall–Kier alpha value is -2.90. The van der Waals surface area contributed by atoms with Crippen molar-refractivity contribution in [3.05, 3.63) is 35.4 Å². The monoisotopic (exact) mass is 428 g/mol. The van der Waals surface area contributed by atoms with E-state index in [1.165, 1.54) is 4.90 Å². The van der Waals surface area contributed by atoms with Gasteiger partial charge in [-0.3, -0.25) is 19.3 Å². The van der Waals surface area contributed by atoms with E-state index < -0.39 is 17.5 Å². The first-order valence-corrected chi connectivity index (χ1v) is 10.6. The first kappa shape index (κ1) is 22.8. The lowest BCUT2D eigenvalue weighted by atomic mass is 9.64. The predicted molar refractivity (Wildman–Crippen MR) is 116 cm³/mol. The van der Waals surface area contributed by atoms with Crippen molar-refractivity contribution in [2.75, 3.05) is 20.6 Å². The van der Waals surface area contributed by atoms with Crippen LogP contribution in [0.2, 0.25) is 0 Å². The third-order valence-electron chi connectivity index (χ3n) is 6.02. The maximum absolute atomic E-state index is 13.1. The van der Waals surface area contributed by atoms with Crippen LogP contribution in [0, 0.1) is 11.3 Å². The van der Waals surface area contributed by atoms with Gasteiger partial charge in [0, 0.05) is 26.2 Å². The number of carbonyl (C=O) groups is 4. The molecule has 168 valence electrons. The fourth-order valence-corrected chi connectivity index (χ4v) is 5.07. The molecule has 31 heavy (non-hydrogen) atoms. The molecule has 1 spiro atoms. The molecule has 8 nitrogen and oxygen atoms in total. The molecule has 2 fully saturated rings. The van der Waals surface area contributed by atoms with Gasteiger partial charge in [-0.1, -0.05) is 32.9 Å². The topological polar surface area (TPSA) is 98.8 Å². The lowest BCUT2D eigenvalue weighted by molar-refractivity contribution is -0.137. The lowest BCUT2D eigenvalue weighted by Crippen LogP contribution is -2.54. The van der Waals surface area contributed by atoms with Crippen molar-refractivity contribution >= 4 is 23.8 Å². The molecule has 1 heterocycles. The fraction of sp³-hybridized carbons (Fsp3) is 0.565. The molecule has 2 atom stereocenters. The summed E-state index contributed by atoms with van der Waals surface area (Å²) in [5.74, 6) is -0.497. The van der Waals surface area contributed by atoms with Crippen LogP contribution in [0.25, 0.3) is 0 Å². The average Bonchev–Trinajstić information content (AvgIpc) is 2.87. The molecule has 0 unspecified atom stereocenters. The van der Waals surface area contributed by atoms with E-state index >= 15 is 0 Å². The second-order valence-electron chi connectivity index (χ2n) is 9.93. The molecule has 1 saturated heterocycles. The largest absolute Gasteiger partial charge is 0.350 e. The normalized spacial score (nSPS) is 24.8. The van der Waals surface area contributed by atoms with E-state index in [-0.39, 0.29) is 30.3 Å². The van der Waals surface area contributed by atoms with Gasteiger partial charge in [0.15, 0.2) is 0 Å². The summed E-state index contributed by atoms with van der Waals surface area (Å²) in [6, 6.07) is 6.45. The van der Waals surface area contributed by atoms with Crippen LogP contribution in [0.3, 0.4) is 0 Å². The van der Waals surface area contributed by atoms with Gasteiger partial charge in [0.2, 0.25) is 5.91 Å². The maximum atomic E-state index is 13.1. The zero-order valence-electron chi connectivity index (χ0n) is 18.9. The fourth-order valence-electron chi connectivity index (χ4n) is 5.07. The summed E-state index contributed by atoms with van der Waals surface area (Å²) in [5.41, 5.74) is 0.418. The molecule has 0 aromatic heterocycles. The van der Waals surface area contributed by atoms with Crippen molar-refractivity contribution < 1.29 is 19.2 Å². The van der Waals surface area contributed by atoms with Crippen molar-refractivity contribution in [1.82, 2.24) is 20.4 Å². The van der Waals surface area contributed by atoms with Crippen molar-refractivity contribution in [3.63, 3.8) is 0 Å². The maximum Gasteiger partial charge on any atom is 0.325 e. The van der Waals surface area contributed by atoms with Crippen LogP contribution >= 0.6 is 0 Å². The molecule has 1 aliphatic heterocycles. The van der Waals surface area contributed by atoms with Gasteiger partial charge in [0.1, 0.15) is 12.1 Å². The summed E-state index contributed by atoms with van der Waals surface area (Å²) < 4.78 is 0. The van der Waals surface area contributed by atoms with Crippen LogP contribution in [-0.2, 0) is 16.1 Å². The highest BCUT2D eigenvalue weighted by molar-refractivity contribution is 6.09. The number of urea groups is 1. The standard InChI is InChI=1S/C23H32N4O4/c1-15-10-22(2,3)14-23(11-15)20(30)27(21(31)25-23)13-18(28)24-12-16-6-8-17(9-7-16)19(29)26(4)5/h6-9,15H,10-14H2,1-5H3,(H,24,28)(H,25,31)/t15-,23+/m0/s1. The zero-order valence-corrected chi connectivity index (χ0v) is 18.9. The van der Waals surface area contributed by atoms with Crippen LogP contribution in [0.1, 0.15) is 56.0 Å². The van der Waals surface area contributed by atoms with Crippen molar-refractivity contribution in [1.29, 1.82) is 0 Å². The Morgan fingerprint density at radius 1 is 1.16 bits per heavy atom. The molecule has 0 radical (unpaired) electrons. The molecule has 1 aromatic rings. The van der Waals surface area contributed by atoms with Gasteiger partial charge in [0.25, 0.3) is 11.8 Å². The summed E-state index contributed by atoms with van der Waals surface area (Å²) in [6.45, 7) is 6.24. The first-order chi connectivity index (χ1) is 14.4. The van der Waals surface area contributed by atoms with E-state index in [2.05, 4.69) is 31.4 Å². The summed E-state index contributed by atoms with van der Waals surface area (Å²) in [7, 11) is 3.37. The van der Waals surface area contributed by atoms with Crippen LogP contribution in [0.4, 0.5) is 4.79 Å². The summed E-state index contributed by atoms with van der Waals surface area (Å²) >= 11 is 0. The Morgan fingerprint density at radius 3 is 2.39 bits per heavy atom. The van der Waals surface area contributed by atoms with Gasteiger partial charge in [0.05, 0.1) is 0 Å². The average molecular weight is 429 g/mol. The Morgan fingerprint density at radius 2 is 1.81 bits per heavy atom. The van der Waals surface area contributed by atoms with Crippen molar-refractivity contribution in [3.8, 4) is 0 Å². The second kappa shape index (κ2) is 8.32. The minimum atomic E-state index is -0.909. The minimum Gasteiger partial charge on any atom is -0.350 e. The van der Waals surface area contributed by atoms with Gasteiger partial charge in [-0.25, -0.2) is 4.79 Å². The number of nitrogens with one attached hydrogen (secondary N) is 2. The minimum absolute atomic E-state index is 0.0565. The number of carbonyl (C=O) groups excluding carboxylic acids is 4. The molecule has 1 aliphatic carbocycles. The number of imide groups is 1. The molecule has 1 aromatic carbocycles. The highest BCUT2D eigenvalue weighted by Gasteiger charge is 2.56. The second-order valence-corrected chi connectivity index (χ2v) is 9.93. The quantitative estimate of drug-likeness (QED) is 0.702. The lowest BCUT2D eigenvalue weighted by Gasteiger charge is -2.43. The zero-order chi connectivity index (χ0) is 23.0. The highest BCUT2D eigenvalue weighted by Crippen LogP contribution is 2.46. The van der Waals surface area contributed by atoms with E-state index in [1.807, 2.05) is 0 Å². The van der Waals surface area contributed by atoms with Gasteiger partial charge < -0.3 is 15.5 Å². The molecule has 8 heteroatoms. The number of rotatable bonds is 5. The van der Waals surface area contributed by atoms with Gasteiger partial charge in [-0.05, 0) is 48.3 Å². The molecule has 2 aliphatic rings. The summed E-state index contributed by atoms with van der Waals surface area (Å²) in [4.78, 5) is 52.6. The Kier molecular flexibility index (Phi) is 6.11. The molecule has 1 saturated carbocycles. The summed E-state index contributed by atoms with van der Waals surface area (Å²) in [5, 5.41) is 5.63. The summed E-state index contributed by atoms with van der Waals surface area (Å²) in [6.07, 6.45) is 2.17. The number of hydrogen-bond acceptors (Lipinski definition) is 4. The third kappa shape index (κ3) is 4.89. The molecule has 3 rings (SSSR count). The van der Waals surface area contributed by atoms with Gasteiger partial charge in [-0.2, -0.15) is 0 Å². The Balaban J connectivity index is 1.59. The van der Waals surface area contributed by atoms with Gasteiger partial charge >= 0.3 is 6.03 Å². The molecular formula is C23H32N4O4. The van der Waals surface area contributed by atoms with E-state index in [0.29, 0.717) is 24.3 Å². The Labute approximate surface area is 183 Å². The smallest absolute Gasteiger partial charge is 0.325 e. The van der Waals surface area contributed by atoms with Crippen LogP contribution in [0.15, 0.2) is 24.3 Å². The predicted octanol–water partition coefficient (Wildman–Crippen LogP) is 2.14. The van der Waals surface area contributed by atoms with Gasteiger partial charge in [-0.15, -0.1) is 0 Å². The number of amides is 5. The molecular weight excluding hydrogens is 396 g/mol. The van der Waals surface area contributed by atoms with Crippen molar-refractivity contribution in [2.24, 2.45) is 11.3 Å². The number of nitrogens with zero attached hydrogens (tertiary/aromatic N) is 2. The Bertz CT molecular complexity index is 893. The van der Waals surface area contributed by atoms with Crippen LogP contribution < -0.4 is 10.6 Å². The van der Waals surface area contributed by atoms with E-state index in [4.69, 9.17) is 0 Å². The van der Waals surface area contributed by atoms with Crippen LogP contribution in [-0.4, -0.2) is 59.7 Å². The van der Waals surface area contributed by atoms with Crippen molar-refractivity contribution in [2.45, 2.75) is 52.1 Å². The number of hydrogen-bond donors (Lipinski definition) is 2. The molecule has 2 N–H and O–H groups in total. The molecule has 0 bridgehead atoms.